The Bertz CT molecular complexity index is 1520. The number of aliphatic imine (C=N–C) groups is 1. The molecular weight excluding hydrogens is 586 g/mol. The number of nitro groups is 2. The molecule has 0 spiro atoms. The summed E-state index contributed by atoms with van der Waals surface area (Å²) >= 11 is 9.59. The van der Waals surface area contributed by atoms with Crippen LogP contribution in [0.15, 0.2) is 69.8 Å². The van der Waals surface area contributed by atoms with Crippen molar-refractivity contribution in [3.05, 3.63) is 107 Å². The van der Waals surface area contributed by atoms with Gasteiger partial charge in [-0.25, -0.2) is 9.79 Å². The Hall–Kier alpha value is -4.29. The lowest BCUT2D eigenvalue weighted by molar-refractivity contribution is -0.385. The minimum atomic E-state index is -0.761. The van der Waals surface area contributed by atoms with Crippen LogP contribution < -0.4 is 9.47 Å². The van der Waals surface area contributed by atoms with E-state index < -0.39 is 15.8 Å². The number of carbonyl (C=O) groups excluding carboxylic acids is 1. The third kappa shape index (κ3) is 5.98. The van der Waals surface area contributed by atoms with Gasteiger partial charge in [0.2, 0.25) is 5.90 Å². The largest absolute Gasteiger partial charge is 0.490 e. The van der Waals surface area contributed by atoms with Crippen LogP contribution in [-0.2, 0) is 16.1 Å². The molecule has 13 heteroatoms. The Morgan fingerprint density at radius 2 is 1.79 bits per heavy atom. The Labute approximate surface area is 228 Å². The van der Waals surface area contributed by atoms with Gasteiger partial charge in [-0.2, -0.15) is 0 Å². The zero-order valence-electron chi connectivity index (χ0n) is 19.6. The fourth-order valence-corrected chi connectivity index (χ4v) is 4.24. The molecule has 194 valence electrons. The van der Waals surface area contributed by atoms with Gasteiger partial charge in [0.15, 0.2) is 17.2 Å². The molecule has 3 aromatic carbocycles. The molecule has 1 aliphatic heterocycles. The van der Waals surface area contributed by atoms with E-state index >= 15 is 0 Å². The highest BCUT2D eigenvalue weighted by Crippen LogP contribution is 2.38. The second-order valence-corrected chi connectivity index (χ2v) is 9.00. The predicted octanol–water partition coefficient (Wildman–Crippen LogP) is 6.24. The number of nitrogens with zero attached hydrogens (tertiary/aromatic N) is 3. The summed E-state index contributed by atoms with van der Waals surface area (Å²) in [4.78, 5) is 37.7. The van der Waals surface area contributed by atoms with E-state index in [1.807, 2.05) is 0 Å². The number of esters is 1. The number of halogens is 2. The van der Waals surface area contributed by atoms with Crippen LogP contribution in [0.2, 0.25) is 5.02 Å². The number of carbonyl (C=O) groups is 1. The lowest BCUT2D eigenvalue weighted by Crippen LogP contribution is -2.06. The van der Waals surface area contributed by atoms with Gasteiger partial charge in [-0.05, 0) is 58.3 Å². The number of rotatable bonds is 9. The summed E-state index contributed by atoms with van der Waals surface area (Å²) in [6.07, 6.45) is 1.46. The van der Waals surface area contributed by atoms with Crippen molar-refractivity contribution in [1.29, 1.82) is 0 Å². The molecule has 0 unspecified atom stereocenters. The van der Waals surface area contributed by atoms with E-state index in [2.05, 4.69) is 20.9 Å². The van der Waals surface area contributed by atoms with Gasteiger partial charge in [0.25, 0.3) is 11.4 Å². The van der Waals surface area contributed by atoms with Gasteiger partial charge in [0, 0.05) is 24.3 Å². The molecule has 0 atom stereocenters. The van der Waals surface area contributed by atoms with Gasteiger partial charge < -0.3 is 14.2 Å². The summed E-state index contributed by atoms with van der Waals surface area (Å²) in [5, 5.41) is 22.3. The van der Waals surface area contributed by atoms with Gasteiger partial charge in [0.05, 0.1) is 31.5 Å². The monoisotopic (exact) mass is 601 g/mol. The maximum Gasteiger partial charge on any atom is 0.363 e. The number of ether oxygens (including phenoxy) is 3. The van der Waals surface area contributed by atoms with E-state index in [4.69, 9.17) is 25.8 Å². The maximum atomic E-state index is 12.5. The van der Waals surface area contributed by atoms with Gasteiger partial charge in [-0.1, -0.05) is 23.7 Å². The number of non-ortho nitro benzene ring substituents is 2. The molecule has 4 rings (SSSR count). The number of hydrogen-bond acceptors (Lipinski definition) is 9. The van der Waals surface area contributed by atoms with Gasteiger partial charge in [-0.15, -0.1) is 0 Å². The van der Waals surface area contributed by atoms with Crippen molar-refractivity contribution in [2.75, 3.05) is 6.61 Å². The van der Waals surface area contributed by atoms with Crippen LogP contribution in [0.25, 0.3) is 6.08 Å². The van der Waals surface area contributed by atoms with Crippen molar-refractivity contribution < 1.29 is 28.9 Å². The van der Waals surface area contributed by atoms with Crippen molar-refractivity contribution in [3.8, 4) is 11.5 Å². The van der Waals surface area contributed by atoms with E-state index in [9.17, 15) is 25.0 Å². The Morgan fingerprint density at radius 3 is 2.50 bits per heavy atom. The summed E-state index contributed by atoms with van der Waals surface area (Å²) < 4.78 is 17.3. The van der Waals surface area contributed by atoms with E-state index in [0.29, 0.717) is 33.7 Å². The first kappa shape index (κ1) is 26.8. The quantitative estimate of drug-likeness (QED) is 0.121. The molecule has 0 aliphatic carbocycles. The van der Waals surface area contributed by atoms with Crippen molar-refractivity contribution in [1.82, 2.24) is 0 Å². The predicted molar refractivity (Wildman–Crippen MR) is 141 cm³/mol. The molecule has 0 fully saturated rings. The fraction of sp³-hybridized carbons (Fsp3) is 0.120. The van der Waals surface area contributed by atoms with E-state index in [1.165, 1.54) is 36.4 Å². The molecule has 0 saturated carbocycles. The van der Waals surface area contributed by atoms with E-state index in [0.717, 1.165) is 0 Å². The van der Waals surface area contributed by atoms with Crippen LogP contribution in [0.1, 0.15) is 23.6 Å². The molecule has 0 amide bonds. The van der Waals surface area contributed by atoms with E-state index in [-0.39, 0.29) is 40.2 Å². The summed E-state index contributed by atoms with van der Waals surface area (Å²) in [6, 6.07) is 13.1. The second-order valence-electron chi connectivity index (χ2n) is 7.74. The first-order chi connectivity index (χ1) is 18.2. The average molecular weight is 603 g/mol. The standard InChI is InChI=1S/C25H17BrClN3O8/c1-2-36-22-11-15(9-19(26)23(22)37-13-14-4-3-5-16(8-14)29(32)33)10-21-25(31)38-24(28-21)18-12-17(30(34)35)6-7-20(18)27/h3-12H,2,13H2,1H3/b21-10-. The van der Waals surface area contributed by atoms with Crippen LogP contribution in [0.4, 0.5) is 11.4 Å². The lowest BCUT2D eigenvalue weighted by atomic mass is 10.1. The molecule has 38 heavy (non-hydrogen) atoms. The van der Waals surface area contributed by atoms with Crippen LogP contribution in [0.5, 0.6) is 11.5 Å². The first-order valence-electron chi connectivity index (χ1n) is 11.0. The molecule has 1 heterocycles. The summed E-state index contributed by atoms with van der Waals surface area (Å²) in [6.45, 7) is 2.15. The molecule has 1 aliphatic rings. The number of benzene rings is 3. The highest BCUT2D eigenvalue weighted by molar-refractivity contribution is 9.10. The van der Waals surface area contributed by atoms with Crippen molar-refractivity contribution >= 4 is 56.8 Å². The van der Waals surface area contributed by atoms with Crippen LogP contribution in [0.3, 0.4) is 0 Å². The summed E-state index contributed by atoms with van der Waals surface area (Å²) in [5.74, 6) is -0.197. The highest BCUT2D eigenvalue weighted by Gasteiger charge is 2.27. The topological polar surface area (TPSA) is 143 Å². The van der Waals surface area contributed by atoms with Gasteiger partial charge in [-0.3, -0.25) is 20.2 Å². The molecular formula is C25H17BrClN3O8. The van der Waals surface area contributed by atoms with Crippen LogP contribution in [-0.4, -0.2) is 28.3 Å². The Kier molecular flexibility index (Phi) is 8.03. The fourth-order valence-electron chi connectivity index (χ4n) is 3.46. The zero-order valence-corrected chi connectivity index (χ0v) is 21.9. The molecule has 0 N–H and O–H groups in total. The molecule has 11 nitrogen and oxygen atoms in total. The smallest absolute Gasteiger partial charge is 0.363 e. The average Bonchev–Trinajstić information content (AvgIpc) is 3.23. The minimum absolute atomic E-state index is 0.0464. The third-order valence-electron chi connectivity index (χ3n) is 5.15. The zero-order chi connectivity index (χ0) is 27.4. The third-order valence-corrected chi connectivity index (χ3v) is 6.07. The Morgan fingerprint density at radius 1 is 1.05 bits per heavy atom. The molecule has 0 saturated heterocycles. The van der Waals surface area contributed by atoms with Crippen LogP contribution >= 0.6 is 27.5 Å². The maximum absolute atomic E-state index is 12.5. The van der Waals surface area contributed by atoms with Crippen LogP contribution in [0, 0.1) is 20.2 Å². The molecule has 0 radical (unpaired) electrons. The number of nitro benzene ring substituents is 2. The normalized spacial score (nSPS) is 13.7. The lowest BCUT2D eigenvalue weighted by Gasteiger charge is -2.15. The van der Waals surface area contributed by atoms with Gasteiger partial charge >= 0.3 is 5.97 Å². The number of cyclic esters (lactones) is 1. The summed E-state index contributed by atoms with van der Waals surface area (Å²) in [5.41, 5.74) is 0.889. The molecule has 3 aromatic rings. The first-order valence-corrected chi connectivity index (χ1v) is 12.1. The second kappa shape index (κ2) is 11.4. The SMILES string of the molecule is CCOc1cc(/C=C2\N=C(c3cc([N+](=O)[O-])ccc3Cl)OC2=O)cc(Br)c1OCc1cccc([N+](=O)[O-])c1. The van der Waals surface area contributed by atoms with Crippen molar-refractivity contribution in [2.24, 2.45) is 4.99 Å². The number of hydrogen-bond donors (Lipinski definition) is 0. The molecule has 0 aromatic heterocycles. The highest BCUT2D eigenvalue weighted by atomic mass is 79.9. The minimum Gasteiger partial charge on any atom is -0.490 e. The summed E-state index contributed by atoms with van der Waals surface area (Å²) in [7, 11) is 0. The Balaban J connectivity index is 1.63. The van der Waals surface area contributed by atoms with Gasteiger partial charge in [0.1, 0.15) is 6.61 Å². The van der Waals surface area contributed by atoms with Crippen molar-refractivity contribution in [3.63, 3.8) is 0 Å². The van der Waals surface area contributed by atoms with E-state index in [1.54, 1.807) is 31.2 Å². The van der Waals surface area contributed by atoms with Crippen molar-refractivity contribution in [2.45, 2.75) is 13.5 Å². The molecule has 0 bridgehead atoms.